The summed E-state index contributed by atoms with van der Waals surface area (Å²) < 4.78 is 0. The molecule has 0 amide bonds. The molecule has 1 atom stereocenters. The molecule has 0 aromatic carbocycles. The van der Waals surface area contributed by atoms with Crippen molar-refractivity contribution in [3.8, 4) is 0 Å². The number of H-pyrrole nitrogens is 1. The van der Waals surface area contributed by atoms with Crippen molar-refractivity contribution in [3.63, 3.8) is 0 Å². The fourth-order valence-corrected chi connectivity index (χ4v) is 1.54. The van der Waals surface area contributed by atoms with Gasteiger partial charge in [-0.2, -0.15) is 5.10 Å². The van der Waals surface area contributed by atoms with Gasteiger partial charge in [-0.05, 0) is 12.0 Å². The van der Waals surface area contributed by atoms with Crippen LogP contribution in [0.5, 0.6) is 0 Å². The second-order valence-electron chi connectivity index (χ2n) is 4.43. The number of rotatable bonds is 1. The molecule has 1 heterocycles. The second-order valence-corrected chi connectivity index (χ2v) is 4.43. The number of aromatic amines is 1. The van der Waals surface area contributed by atoms with Crippen molar-refractivity contribution in [1.82, 2.24) is 10.2 Å². The minimum absolute atomic E-state index is 0.153. The molecule has 1 aliphatic rings. The van der Waals surface area contributed by atoms with Gasteiger partial charge in [0.15, 0.2) is 0 Å². The van der Waals surface area contributed by atoms with E-state index in [9.17, 15) is 0 Å². The second kappa shape index (κ2) is 3.12. The van der Waals surface area contributed by atoms with E-state index in [1.165, 1.54) is 5.56 Å². The molecular formula is C12H16N2. The molecule has 14 heavy (non-hydrogen) atoms. The summed E-state index contributed by atoms with van der Waals surface area (Å²) in [4.78, 5) is 0. The zero-order valence-electron chi connectivity index (χ0n) is 8.91. The topological polar surface area (TPSA) is 28.7 Å². The third-order valence-electron chi connectivity index (χ3n) is 3.17. The van der Waals surface area contributed by atoms with E-state index >= 15 is 0 Å². The van der Waals surface area contributed by atoms with Gasteiger partial charge >= 0.3 is 0 Å². The highest BCUT2D eigenvalue weighted by molar-refractivity contribution is 5.65. The van der Waals surface area contributed by atoms with E-state index in [0.717, 1.165) is 5.69 Å². The van der Waals surface area contributed by atoms with Crippen molar-refractivity contribution in [2.24, 2.45) is 11.3 Å². The first kappa shape index (κ1) is 9.25. The molecule has 0 fully saturated rings. The first-order valence-corrected chi connectivity index (χ1v) is 5.04. The molecule has 1 aliphatic carbocycles. The normalized spacial score (nSPS) is 25.1. The lowest BCUT2D eigenvalue weighted by Gasteiger charge is -2.26. The van der Waals surface area contributed by atoms with Crippen LogP contribution >= 0.6 is 0 Å². The van der Waals surface area contributed by atoms with Crippen molar-refractivity contribution in [3.05, 3.63) is 29.6 Å². The number of allylic oxidation sites excluding steroid dienone is 2. The monoisotopic (exact) mass is 188 g/mol. The van der Waals surface area contributed by atoms with Crippen molar-refractivity contribution in [2.45, 2.75) is 20.8 Å². The molecule has 2 nitrogen and oxygen atoms in total. The summed E-state index contributed by atoms with van der Waals surface area (Å²) >= 11 is 0. The molecule has 0 aliphatic heterocycles. The highest BCUT2D eigenvalue weighted by Gasteiger charge is 2.23. The van der Waals surface area contributed by atoms with Gasteiger partial charge in [0.1, 0.15) is 0 Å². The summed E-state index contributed by atoms with van der Waals surface area (Å²) in [5.41, 5.74) is 2.43. The minimum Gasteiger partial charge on any atom is -0.278 e. The quantitative estimate of drug-likeness (QED) is 0.720. The van der Waals surface area contributed by atoms with Crippen LogP contribution in [0.1, 0.15) is 32.0 Å². The Morgan fingerprint density at radius 2 is 2.00 bits per heavy atom. The lowest BCUT2D eigenvalue weighted by atomic mass is 9.79. The van der Waals surface area contributed by atoms with Gasteiger partial charge in [0, 0.05) is 11.0 Å². The molecule has 1 unspecified atom stereocenters. The van der Waals surface area contributed by atoms with Gasteiger partial charge in [-0.1, -0.05) is 39.0 Å². The summed E-state index contributed by atoms with van der Waals surface area (Å²) in [5, 5.41) is 7.00. The van der Waals surface area contributed by atoms with Crippen molar-refractivity contribution in [1.29, 1.82) is 0 Å². The van der Waals surface area contributed by atoms with Gasteiger partial charge in [-0.3, -0.25) is 5.10 Å². The Labute approximate surface area is 84.7 Å². The van der Waals surface area contributed by atoms with Crippen LogP contribution in [0.4, 0.5) is 0 Å². The number of fused-ring (bicyclic) bond motifs is 1. The summed E-state index contributed by atoms with van der Waals surface area (Å²) in [6, 6.07) is 0. The average Bonchev–Trinajstić information content (AvgIpc) is 2.53. The highest BCUT2D eigenvalue weighted by atomic mass is 15.1. The smallest absolute Gasteiger partial charge is 0.0647 e. The third-order valence-corrected chi connectivity index (χ3v) is 3.17. The van der Waals surface area contributed by atoms with Crippen LogP contribution in [-0.4, -0.2) is 10.2 Å². The molecule has 1 aromatic heterocycles. The van der Waals surface area contributed by atoms with E-state index in [2.05, 4.69) is 55.3 Å². The van der Waals surface area contributed by atoms with Gasteiger partial charge in [0.2, 0.25) is 0 Å². The van der Waals surface area contributed by atoms with Crippen LogP contribution in [0.15, 0.2) is 18.3 Å². The first-order chi connectivity index (χ1) is 6.62. The average molecular weight is 188 g/mol. The largest absolute Gasteiger partial charge is 0.278 e. The molecule has 2 rings (SSSR count). The number of nitrogens with zero attached hydrogens (tertiary/aromatic N) is 1. The summed E-state index contributed by atoms with van der Waals surface area (Å²) in [7, 11) is 0. The van der Waals surface area contributed by atoms with E-state index in [1.54, 1.807) is 0 Å². The fourth-order valence-electron chi connectivity index (χ4n) is 1.54. The number of nitrogens with one attached hydrogen (secondary N) is 1. The standard InChI is InChI=1S/C12H16N2/c1-9(2)12(3)6-4-10-8-13-14-11(10)5-7-12/h4-9H,1-3H3,(H,13,14). The lowest BCUT2D eigenvalue weighted by Crippen LogP contribution is -2.16. The molecule has 0 saturated carbocycles. The van der Waals surface area contributed by atoms with Crippen LogP contribution < -0.4 is 0 Å². The Morgan fingerprint density at radius 3 is 2.71 bits per heavy atom. The predicted octanol–water partition coefficient (Wildman–Crippen LogP) is 3.11. The van der Waals surface area contributed by atoms with Gasteiger partial charge in [-0.15, -0.1) is 0 Å². The van der Waals surface area contributed by atoms with Gasteiger partial charge in [0.25, 0.3) is 0 Å². The van der Waals surface area contributed by atoms with Gasteiger partial charge < -0.3 is 0 Å². The van der Waals surface area contributed by atoms with Crippen LogP contribution in [0, 0.1) is 11.3 Å². The molecule has 0 bridgehead atoms. The van der Waals surface area contributed by atoms with Crippen LogP contribution in [0.25, 0.3) is 12.2 Å². The summed E-state index contributed by atoms with van der Waals surface area (Å²) in [6.45, 7) is 6.74. The van der Waals surface area contributed by atoms with Gasteiger partial charge in [0.05, 0.1) is 11.9 Å². The van der Waals surface area contributed by atoms with Crippen LogP contribution in [0.2, 0.25) is 0 Å². The Morgan fingerprint density at radius 1 is 1.29 bits per heavy atom. The zero-order valence-corrected chi connectivity index (χ0v) is 8.91. The first-order valence-electron chi connectivity index (χ1n) is 5.04. The zero-order chi connectivity index (χ0) is 10.2. The summed E-state index contributed by atoms with van der Waals surface area (Å²) in [6.07, 6.45) is 10.6. The maximum absolute atomic E-state index is 4.01. The van der Waals surface area contributed by atoms with E-state index in [-0.39, 0.29) is 5.41 Å². The van der Waals surface area contributed by atoms with Crippen LogP contribution in [-0.2, 0) is 0 Å². The van der Waals surface area contributed by atoms with Crippen molar-refractivity contribution in [2.75, 3.05) is 0 Å². The fraction of sp³-hybridized carbons (Fsp3) is 0.417. The molecule has 0 spiro atoms. The Kier molecular flexibility index (Phi) is 2.06. The molecular weight excluding hydrogens is 172 g/mol. The van der Waals surface area contributed by atoms with E-state index in [4.69, 9.17) is 0 Å². The molecule has 74 valence electrons. The molecule has 1 aromatic rings. The van der Waals surface area contributed by atoms with E-state index < -0.39 is 0 Å². The lowest BCUT2D eigenvalue weighted by molar-refractivity contribution is 0.387. The number of hydrogen-bond acceptors (Lipinski definition) is 1. The Balaban J connectivity index is 2.42. The van der Waals surface area contributed by atoms with E-state index in [0.29, 0.717) is 5.92 Å². The highest BCUT2D eigenvalue weighted by Crippen LogP contribution is 2.34. The summed E-state index contributed by atoms with van der Waals surface area (Å²) in [5.74, 6) is 0.604. The van der Waals surface area contributed by atoms with Crippen molar-refractivity contribution >= 4 is 12.2 Å². The number of hydrogen-bond donors (Lipinski definition) is 1. The Hall–Kier alpha value is -1.31. The number of aromatic nitrogens is 2. The SMILES string of the molecule is CC(C)C1(C)C=Cc2cn[nH]c2C=C1. The molecule has 0 radical (unpaired) electrons. The maximum Gasteiger partial charge on any atom is 0.0647 e. The molecule has 0 saturated heterocycles. The predicted molar refractivity (Wildman–Crippen MR) is 59.6 cm³/mol. The van der Waals surface area contributed by atoms with E-state index in [1.807, 2.05) is 6.20 Å². The van der Waals surface area contributed by atoms with Gasteiger partial charge in [-0.25, -0.2) is 0 Å². The molecule has 1 N–H and O–H groups in total. The van der Waals surface area contributed by atoms with Crippen LogP contribution in [0.3, 0.4) is 0 Å². The maximum atomic E-state index is 4.01. The van der Waals surface area contributed by atoms with Crippen molar-refractivity contribution < 1.29 is 0 Å². The third kappa shape index (κ3) is 1.41. The minimum atomic E-state index is 0.153. The molecule has 2 heteroatoms. The Bertz CT molecular complexity index is 354.